The normalized spacial score (nSPS) is 14.8. The Bertz CT molecular complexity index is 889. The zero-order chi connectivity index (χ0) is 17.2. The molecule has 3 heteroatoms. The Morgan fingerprint density at radius 2 is 1.60 bits per heavy atom. The number of amides is 1. The highest BCUT2D eigenvalue weighted by molar-refractivity contribution is 6.08. The van der Waals surface area contributed by atoms with Gasteiger partial charge < -0.3 is 9.47 Å². The van der Waals surface area contributed by atoms with E-state index in [2.05, 4.69) is 54.0 Å². The van der Waals surface area contributed by atoms with Crippen molar-refractivity contribution >= 4 is 16.8 Å². The van der Waals surface area contributed by atoms with E-state index in [-0.39, 0.29) is 5.91 Å². The Morgan fingerprint density at radius 3 is 2.36 bits per heavy atom. The molecule has 3 aromatic rings. The number of rotatable bonds is 3. The van der Waals surface area contributed by atoms with Crippen LogP contribution in [0.4, 0.5) is 0 Å². The number of nitrogens with zero attached hydrogens (tertiary/aromatic N) is 2. The van der Waals surface area contributed by atoms with Crippen molar-refractivity contribution in [2.75, 3.05) is 13.1 Å². The van der Waals surface area contributed by atoms with Crippen molar-refractivity contribution in [3.05, 3.63) is 71.4 Å². The van der Waals surface area contributed by atoms with Crippen LogP contribution in [0.3, 0.4) is 0 Å². The van der Waals surface area contributed by atoms with Crippen LogP contribution in [0.2, 0.25) is 0 Å². The highest BCUT2D eigenvalue weighted by atomic mass is 16.2. The molecule has 0 spiro atoms. The molecule has 1 amide bonds. The number of likely N-dealkylation sites (tertiary alicyclic amines) is 1. The minimum absolute atomic E-state index is 0.195. The van der Waals surface area contributed by atoms with Gasteiger partial charge in [0.15, 0.2) is 0 Å². The first kappa shape index (κ1) is 15.9. The second kappa shape index (κ2) is 6.75. The van der Waals surface area contributed by atoms with E-state index in [1.165, 1.54) is 12.0 Å². The molecule has 128 valence electrons. The van der Waals surface area contributed by atoms with Crippen molar-refractivity contribution in [1.82, 2.24) is 9.47 Å². The molecule has 2 aromatic carbocycles. The lowest BCUT2D eigenvalue weighted by Gasteiger charge is -2.27. The lowest BCUT2D eigenvalue weighted by Crippen LogP contribution is -2.35. The van der Waals surface area contributed by atoms with Gasteiger partial charge in [0.1, 0.15) is 0 Å². The molecule has 1 aliphatic heterocycles. The smallest absolute Gasteiger partial charge is 0.256 e. The van der Waals surface area contributed by atoms with Gasteiger partial charge in [0.2, 0.25) is 0 Å². The highest BCUT2D eigenvalue weighted by Crippen LogP contribution is 2.28. The molecule has 0 radical (unpaired) electrons. The van der Waals surface area contributed by atoms with E-state index < -0.39 is 0 Å². The van der Waals surface area contributed by atoms with Gasteiger partial charge in [-0.25, -0.2) is 0 Å². The third-order valence-corrected chi connectivity index (χ3v) is 5.27. The quantitative estimate of drug-likeness (QED) is 0.687. The standard InChI is InChI=1S/C22H24N2O/c1-17-21(22(25)23-14-8-3-9-15-23)19-12-6-7-13-20(19)24(17)16-18-10-4-2-5-11-18/h2,4-7,10-13H,3,8-9,14-16H2,1H3. The van der Waals surface area contributed by atoms with Gasteiger partial charge in [-0.15, -0.1) is 0 Å². The minimum Gasteiger partial charge on any atom is -0.340 e. The molecule has 0 bridgehead atoms. The molecule has 25 heavy (non-hydrogen) atoms. The molecular weight excluding hydrogens is 308 g/mol. The summed E-state index contributed by atoms with van der Waals surface area (Å²) in [6, 6.07) is 18.7. The second-order valence-electron chi connectivity index (χ2n) is 6.90. The SMILES string of the molecule is Cc1c(C(=O)N2CCCCC2)c2ccccc2n1Cc1ccccc1. The van der Waals surface area contributed by atoms with E-state index in [1.807, 2.05) is 17.0 Å². The van der Waals surface area contributed by atoms with Crippen LogP contribution in [0.5, 0.6) is 0 Å². The fraction of sp³-hybridized carbons (Fsp3) is 0.318. The number of para-hydroxylation sites is 1. The van der Waals surface area contributed by atoms with E-state index in [0.29, 0.717) is 0 Å². The molecule has 2 heterocycles. The Morgan fingerprint density at radius 1 is 0.920 bits per heavy atom. The van der Waals surface area contributed by atoms with Gasteiger partial charge in [0.05, 0.1) is 5.56 Å². The summed E-state index contributed by atoms with van der Waals surface area (Å²) in [7, 11) is 0. The van der Waals surface area contributed by atoms with Gasteiger partial charge in [-0.1, -0.05) is 48.5 Å². The van der Waals surface area contributed by atoms with Crippen LogP contribution >= 0.6 is 0 Å². The number of hydrogen-bond donors (Lipinski definition) is 0. The molecule has 1 fully saturated rings. The van der Waals surface area contributed by atoms with Crippen LogP contribution in [-0.4, -0.2) is 28.5 Å². The fourth-order valence-corrected chi connectivity index (χ4v) is 3.93. The van der Waals surface area contributed by atoms with Gasteiger partial charge in [0, 0.05) is 36.2 Å². The summed E-state index contributed by atoms with van der Waals surface area (Å²) in [6.45, 7) is 4.65. The Labute approximate surface area is 148 Å². The van der Waals surface area contributed by atoms with Crippen LogP contribution in [0.1, 0.15) is 40.9 Å². The molecule has 1 saturated heterocycles. The van der Waals surface area contributed by atoms with Crippen LogP contribution in [-0.2, 0) is 6.54 Å². The van der Waals surface area contributed by atoms with Crippen LogP contribution in [0.15, 0.2) is 54.6 Å². The summed E-state index contributed by atoms with van der Waals surface area (Å²) in [6.07, 6.45) is 3.47. The zero-order valence-electron chi connectivity index (χ0n) is 14.7. The van der Waals surface area contributed by atoms with Crippen LogP contribution < -0.4 is 0 Å². The van der Waals surface area contributed by atoms with Crippen molar-refractivity contribution in [2.45, 2.75) is 32.7 Å². The summed E-state index contributed by atoms with van der Waals surface area (Å²) in [5.41, 5.74) is 4.35. The van der Waals surface area contributed by atoms with E-state index in [0.717, 1.165) is 54.6 Å². The molecule has 1 aliphatic rings. The molecule has 1 aromatic heterocycles. The van der Waals surface area contributed by atoms with E-state index >= 15 is 0 Å². The maximum atomic E-state index is 13.2. The van der Waals surface area contributed by atoms with Gasteiger partial charge >= 0.3 is 0 Å². The number of fused-ring (bicyclic) bond motifs is 1. The maximum absolute atomic E-state index is 13.2. The molecule has 0 aliphatic carbocycles. The van der Waals surface area contributed by atoms with E-state index in [4.69, 9.17) is 0 Å². The summed E-state index contributed by atoms with van der Waals surface area (Å²) < 4.78 is 2.28. The zero-order valence-corrected chi connectivity index (χ0v) is 14.7. The summed E-state index contributed by atoms with van der Waals surface area (Å²) in [4.78, 5) is 15.2. The van der Waals surface area contributed by atoms with Crippen molar-refractivity contribution in [3.63, 3.8) is 0 Å². The molecule has 0 N–H and O–H groups in total. The number of benzene rings is 2. The number of piperidine rings is 1. The summed E-state index contributed by atoms with van der Waals surface area (Å²) >= 11 is 0. The lowest BCUT2D eigenvalue weighted by atomic mass is 10.1. The number of carbonyl (C=O) groups excluding carboxylic acids is 1. The molecule has 0 unspecified atom stereocenters. The van der Waals surface area contributed by atoms with Gasteiger partial charge in [-0.3, -0.25) is 4.79 Å². The average molecular weight is 332 g/mol. The van der Waals surface area contributed by atoms with E-state index in [1.54, 1.807) is 0 Å². The molecule has 0 atom stereocenters. The predicted molar refractivity (Wildman–Crippen MR) is 102 cm³/mol. The number of hydrogen-bond acceptors (Lipinski definition) is 1. The highest BCUT2D eigenvalue weighted by Gasteiger charge is 2.25. The van der Waals surface area contributed by atoms with Crippen LogP contribution in [0, 0.1) is 6.92 Å². The minimum atomic E-state index is 0.195. The average Bonchev–Trinajstić information content (AvgIpc) is 2.95. The second-order valence-corrected chi connectivity index (χ2v) is 6.90. The Kier molecular flexibility index (Phi) is 4.31. The first-order chi connectivity index (χ1) is 12.3. The van der Waals surface area contributed by atoms with Gasteiger partial charge in [-0.05, 0) is 37.8 Å². The molecule has 3 nitrogen and oxygen atoms in total. The summed E-state index contributed by atoms with van der Waals surface area (Å²) in [5, 5.41) is 1.08. The summed E-state index contributed by atoms with van der Waals surface area (Å²) in [5.74, 6) is 0.195. The molecular formula is C22H24N2O. The third-order valence-electron chi connectivity index (χ3n) is 5.27. The molecule has 4 rings (SSSR count). The van der Waals surface area contributed by atoms with Gasteiger partial charge in [-0.2, -0.15) is 0 Å². The third kappa shape index (κ3) is 2.95. The Hall–Kier alpha value is -2.55. The maximum Gasteiger partial charge on any atom is 0.256 e. The van der Waals surface area contributed by atoms with Gasteiger partial charge in [0.25, 0.3) is 5.91 Å². The lowest BCUT2D eigenvalue weighted by molar-refractivity contribution is 0.0725. The molecule has 0 saturated carbocycles. The number of carbonyl (C=O) groups is 1. The van der Waals surface area contributed by atoms with Crippen LogP contribution in [0.25, 0.3) is 10.9 Å². The van der Waals surface area contributed by atoms with Crippen molar-refractivity contribution in [1.29, 1.82) is 0 Å². The topological polar surface area (TPSA) is 25.2 Å². The van der Waals surface area contributed by atoms with E-state index in [9.17, 15) is 4.79 Å². The first-order valence-electron chi connectivity index (χ1n) is 9.17. The first-order valence-corrected chi connectivity index (χ1v) is 9.17. The van der Waals surface area contributed by atoms with Crippen molar-refractivity contribution in [3.8, 4) is 0 Å². The predicted octanol–water partition coefficient (Wildman–Crippen LogP) is 4.62. The Balaban J connectivity index is 1.79. The monoisotopic (exact) mass is 332 g/mol. The fourth-order valence-electron chi connectivity index (χ4n) is 3.93. The number of aromatic nitrogens is 1. The van der Waals surface area contributed by atoms with Crippen molar-refractivity contribution < 1.29 is 4.79 Å². The largest absolute Gasteiger partial charge is 0.340 e. The van der Waals surface area contributed by atoms with Crippen molar-refractivity contribution in [2.24, 2.45) is 0 Å².